The fourth-order valence-electron chi connectivity index (χ4n) is 3.27. The number of methoxy groups -OCH3 is 1. The Bertz CT molecular complexity index is 1040. The number of hydrogen-bond acceptors (Lipinski definition) is 6. The number of nitrogens with one attached hydrogen (secondary N) is 1. The monoisotopic (exact) mass is 370 g/mol. The van der Waals surface area contributed by atoms with Gasteiger partial charge in [-0.3, -0.25) is 15.4 Å². The van der Waals surface area contributed by atoms with Crippen LogP contribution in [-0.4, -0.2) is 34.0 Å². The third-order valence-electron chi connectivity index (χ3n) is 4.55. The number of benzene rings is 1. The van der Waals surface area contributed by atoms with Crippen LogP contribution in [0.1, 0.15) is 28.2 Å². The number of aromatic amines is 1. The molecule has 1 aliphatic rings. The van der Waals surface area contributed by atoms with E-state index in [1.807, 2.05) is 19.9 Å². The van der Waals surface area contributed by atoms with Crippen LogP contribution < -0.4 is 9.47 Å². The van der Waals surface area contributed by atoms with E-state index < -0.39 is 10.4 Å². The lowest BCUT2D eigenvalue weighted by Gasteiger charge is -2.11. The zero-order valence-corrected chi connectivity index (χ0v) is 15.8. The van der Waals surface area contributed by atoms with Gasteiger partial charge in [0, 0.05) is 35.5 Å². The maximum Gasteiger partial charge on any atom is 0.128 e. The molecule has 0 saturated carbocycles. The molecule has 1 aromatic carbocycles. The highest BCUT2D eigenvalue weighted by molar-refractivity contribution is 7.83. The summed E-state index contributed by atoms with van der Waals surface area (Å²) in [4.78, 5) is 12.2. The number of ether oxygens (including phenoxy) is 2. The first-order valence-electron chi connectivity index (χ1n) is 8.41. The Balaban J connectivity index is 1.62. The van der Waals surface area contributed by atoms with Gasteiger partial charge >= 0.3 is 0 Å². The van der Waals surface area contributed by atoms with Crippen LogP contribution in [-0.2, 0) is 26.8 Å². The van der Waals surface area contributed by atoms with Crippen LogP contribution in [0.3, 0.4) is 0 Å². The van der Waals surface area contributed by atoms with Crippen LogP contribution in [0.2, 0.25) is 0 Å². The largest absolute Gasteiger partial charge is 0.496 e. The summed E-state index contributed by atoms with van der Waals surface area (Å²) in [6.07, 6.45) is 2.65. The predicted molar refractivity (Wildman–Crippen MR) is 102 cm³/mol. The molecule has 0 atom stereocenters. The topological polar surface area (TPSA) is 77.1 Å². The van der Waals surface area contributed by atoms with Gasteiger partial charge in [0.05, 0.1) is 30.6 Å². The minimum absolute atomic E-state index is 0.303. The molecule has 0 aliphatic carbocycles. The smallest absolute Gasteiger partial charge is 0.128 e. The minimum atomic E-state index is -1.24. The first-order chi connectivity index (χ1) is 12.5. The molecule has 3 heterocycles. The van der Waals surface area contributed by atoms with Crippen molar-refractivity contribution in [2.75, 3.05) is 13.7 Å². The molecular weight excluding hydrogens is 350 g/mol. The third kappa shape index (κ3) is 3.03. The van der Waals surface area contributed by atoms with E-state index in [2.05, 4.69) is 21.0 Å². The molecule has 0 saturated heterocycles. The summed E-state index contributed by atoms with van der Waals surface area (Å²) >= 11 is 0. The maximum absolute atomic E-state index is 12.6. The Morgan fingerprint density at radius 1 is 1.38 bits per heavy atom. The molecule has 2 aromatic heterocycles. The van der Waals surface area contributed by atoms with Crippen molar-refractivity contribution in [3.8, 4) is 11.5 Å². The highest BCUT2D eigenvalue weighted by Gasteiger charge is 2.14. The molecule has 0 fully saturated rings. The molecule has 0 amide bonds. The lowest BCUT2D eigenvalue weighted by atomic mass is 10.1. The zero-order valence-electron chi connectivity index (χ0n) is 15.0. The fraction of sp³-hybridized carbons (Fsp3) is 0.316. The number of fused-ring (bicyclic) bond motifs is 2. The van der Waals surface area contributed by atoms with E-state index in [9.17, 15) is 4.21 Å². The molecule has 4 rings (SSSR count). The van der Waals surface area contributed by atoms with E-state index >= 15 is 0 Å². The molecule has 1 aliphatic heterocycles. The van der Waals surface area contributed by atoms with Crippen LogP contribution >= 0.6 is 0 Å². The van der Waals surface area contributed by atoms with Crippen molar-refractivity contribution < 1.29 is 13.7 Å². The quantitative estimate of drug-likeness (QED) is 0.564. The lowest BCUT2D eigenvalue weighted by molar-refractivity contribution is 0.357. The van der Waals surface area contributed by atoms with E-state index in [1.54, 1.807) is 18.7 Å². The summed E-state index contributed by atoms with van der Waals surface area (Å²) in [5.41, 5.74) is 5.50. The van der Waals surface area contributed by atoms with Crippen molar-refractivity contribution in [3.05, 3.63) is 46.5 Å². The van der Waals surface area contributed by atoms with Gasteiger partial charge in [-0.25, -0.2) is 4.98 Å². The molecule has 0 radical (unpaired) electrons. The third-order valence-corrected chi connectivity index (χ3v) is 5.59. The minimum Gasteiger partial charge on any atom is -0.496 e. The molecule has 0 unspecified atom stereocenters. The average Bonchev–Trinajstić information content (AvgIpc) is 3.20. The van der Waals surface area contributed by atoms with Gasteiger partial charge in [-0.05, 0) is 31.2 Å². The molecule has 6 nitrogen and oxygen atoms in total. The number of aryl methyl sites for hydroxylation is 1. The van der Waals surface area contributed by atoms with Gasteiger partial charge < -0.3 is 18.7 Å². The lowest BCUT2D eigenvalue weighted by Crippen LogP contribution is -2.01. The van der Waals surface area contributed by atoms with Crippen molar-refractivity contribution >= 4 is 26.8 Å². The summed E-state index contributed by atoms with van der Waals surface area (Å²) in [6, 6.07) is 4.01. The maximum atomic E-state index is 12.6. The van der Waals surface area contributed by atoms with E-state index in [1.165, 1.54) is 5.56 Å². The van der Waals surface area contributed by atoms with Crippen molar-refractivity contribution in [2.24, 2.45) is 0 Å². The summed E-state index contributed by atoms with van der Waals surface area (Å²) in [5.74, 6) is 2.67. The summed E-state index contributed by atoms with van der Waals surface area (Å²) in [5, 5.41) is 1.66. The van der Waals surface area contributed by atoms with E-state index in [-0.39, 0.29) is 0 Å². The second kappa shape index (κ2) is 6.64. The van der Waals surface area contributed by atoms with Gasteiger partial charge in [-0.15, -0.1) is 5.37 Å². The Morgan fingerprint density at radius 2 is 2.23 bits per heavy atom. The van der Waals surface area contributed by atoms with Gasteiger partial charge in [-0.1, -0.05) is 0 Å². The number of rotatable bonds is 4. The SMILES string of the molecule is COc1c(C)cnc(C=[S-](=O)Cc2nc3cc4c(cc3[nH]2)CCO4)c1C. The number of imidazole rings is 1. The predicted octanol–water partition coefficient (Wildman–Crippen LogP) is 2.83. The van der Waals surface area contributed by atoms with Gasteiger partial charge in [0.25, 0.3) is 0 Å². The van der Waals surface area contributed by atoms with Crippen molar-refractivity contribution in [1.82, 2.24) is 15.0 Å². The Morgan fingerprint density at radius 3 is 3.04 bits per heavy atom. The summed E-state index contributed by atoms with van der Waals surface area (Å²) < 4.78 is 23.6. The van der Waals surface area contributed by atoms with Crippen molar-refractivity contribution in [3.63, 3.8) is 0 Å². The second-order valence-electron chi connectivity index (χ2n) is 6.39. The number of hydrogen-bond donors (Lipinski definition) is 1. The molecule has 0 spiro atoms. The summed E-state index contributed by atoms with van der Waals surface area (Å²) in [7, 11) is 0.388. The Labute approximate surface area is 153 Å². The second-order valence-corrected chi connectivity index (χ2v) is 7.67. The number of nitrogens with zero attached hydrogens (tertiary/aromatic N) is 2. The van der Waals surface area contributed by atoms with E-state index in [0.29, 0.717) is 17.3 Å². The first kappa shape index (κ1) is 16.9. The molecule has 136 valence electrons. The molecule has 0 bridgehead atoms. The average molecular weight is 370 g/mol. The number of H-pyrrole nitrogens is 1. The fourth-order valence-corrected chi connectivity index (χ4v) is 4.25. The van der Waals surface area contributed by atoms with Crippen LogP contribution in [0.25, 0.3) is 11.0 Å². The van der Waals surface area contributed by atoms with Gasteiger partial charge in [0.2, 0.25) is 0 Å². The molecular formula is C19H20N3O3S-. The van der Waals surface area contributed by atoms with Crippen LogP contribution in [0.4, 0.5) is 0 Å². The van der Waals surface area contributed by atoms with E-state index in [4.69, 9.17) is 9.47 Å². The molecule has 26 heavy (non-hydrogen) atoms. The van der Waals surface area contributed by atoms with Crippen LogP contribution in [0, 0.1) is 13.8 Å². The van der Waals surface area contributed by atoms with E-state index in [0.717, 1.165) is 46.7 Å². The molecule has 7 heteroatoms. The molecule has 1 N–H and O–H groups in total. The zero-order chi connectivity index (χ0) is 18.3. The van der Waals surface area contributed by atoms with Gasteiger partial charge in [0.15, 0.2) is 0 Å². The molecule has 3 aromatic rings. The Hall–Kier alpha value is -2.54. The standard InChI is InChI=1S/C19H20N3O3S/c1-11-8-20-16(12(2)19(11)24-3)9-26(23)10-18-21-14-6-13-4-5-25-17(13)7-15(14)22-18/h6-9H,4-5,10H2,1-3H3,(H,21,22)/q-1. The Kier molecular flexibility index (Phi) is 4.32. The van der Waals surface area contributed by atoms with Crippen LogP contribution in [0.5, 0.6) is 11.5 Å². The first-order valence-corrected chi connectivity index (χ1v) is 9.80. The highest BCUT2D eigenvalue weighted by Crippen LogP contribution is 2.29. The van der Waals surface area contributed by atoms with Crippen molar-refractivity contribution in [2.45, 2.75) is 26.0 Å². The van der Waals surface area contributed by atoms with Gasteiger partial charge in [-0.2, -0.15) is 0 Å². The normalized spacial score (nSPS) is 14.4. The highest BCUT2D eigenvalue weighted by atomic mass is 32.2. The van der Waals surface area contributed by atoms with Crippen LogP contribution in [0.15, 0.2) is 18.3 Å². The number of pyridine rings is 1. The van der Waals surface area contributed by atoms with Gasteiger partial charge in [0.1, 0.15) is 11.5 Å². The van der Waals surface area contributed by atoms with Crippen molar-refractivity contribution in [1.29, 1.82) is 0 Å². The summed E-state index contributed by atoms with van der Waals surface area (Å²) in [6.45, 7) is 4.58. The number of aromatic nitrogens is 3.